The SMILES string of the molecule is COC[C@H](C)NC(=O)c1ccc2c(=O)n(-c3ccccc3)c(=O)[nH]c2c1. The number of methoxy groups -OCH3 is 1. The quantitative estimate of drug-likeness (QED) is 0.726. The van der Waals surface area contributed by atoms with Gasteiger partial charge in [-0.3, -0.25) is 9.59 Å². The molecule has 0 radical (unpaired) electrons. The number of fused-ring (bicyclic) bond motifs is 1. The van der Waals surface area contributed by atoms with E-state index >= 15 is 0 Å². The van der Waals surface area contributed by atoms with E-state index in [0.29, 0.717) is 28.8 Å². The zero-order valence-electron chi connectivity index (χ0n) is 14.5. The molecule has 1 aromatic heterocycles. The van der Waals surface area contributed by atoms with Crippen LogP contribution in [0.1, 0.15) is 17.3 Å². The topological polar surface area (TPSA) is 93.2 Å². The molecule has 2 N–H and O–H groups in total. The molecule has 0 fully saturated rings. The van der Waals surface area contributed by atoms with Crippen molar-refractivity contribution in [2.75, 3.05) is 13.7 Å². The van der Waals surface area contributed by atoms with E-state index in [1.165, 1.54) is 6.07 Å². The molecule has 3 rings (SSSR count). The van der Waals surface area contributed by atoms with Crippen LogP contribution in [0, 0.1) is 0 Å². The molecule has 0 spiro atoms. The van der Waals surface area contributed by atoms with E-state index in [9.17, 15) is 14.4 Å². The van der Waals surface area contributed by atoms with Crippen LogP contribution < -0.4 is 16.6 Å². The molecule has 0 aliphatic rings. The Kier molecular flexibility index (Phi) is 4.99. The number of nitrogens with zero attached hydrogens (tertiary/aromatic N) is 1. The second-order valence-corrected chi connectivity index (χ2v) is 6.00. The van der Waals surface area contributed by atoms with Crippen molar-refractivity contribution in [3.63, 3.8) is 0 Å². The van der Waals surface area contributed by atoms with Gasteiger partial charge in [-0.1, -0.05) is 18.2 Å². The number of aromatic nitrogens is 2. The third-order valence-corrected chi connectivity index (χ3v) is 3.97. The molecule has 0 aliphatic heterocycles. The summed E-state index contributed by atoms with van der Waals surface area (Å²) in [5.74, 6) is -0.301. The predicted molar refractivity (Wildman–Crippen MR) is 99.0 cm³/mol. The third kappa shape index (κ3) is 3.43. The van der Waals surface area contributed by atoms with Gasteiger partial charge in [-0.15, -0.1) is 0 Å². The van der Waals surface area contributed by atoms with E-state index in [1.54, 1.807) is 49.6 Å². The largest absolute Gasteiger partial charge is 0.383 e. The first-order valence-corrected chi connectivity index (χ1v) is 8.15. The van der Waals surface area contributed by atoms with Crippen LogP contribution >= 0.6 is 0 Å². The zero-order chi connectivity index (χ0) is 18.7. The maximum Gasteiger partial charge on any atom is 0.333 e. The number of aromatic amines is 1. The third-order valence-electron chi connectivity index (χ3n) is 3.97. The summed E-state index contributed by atoms with van der Waals surface area (Å²) in [5, 5.41) is 3.12. The Bertz CT molecular complexity index is 1050. The van der Waals surface area contributed by atoms with Gasteiger partial charge in [0.15, 0.2) is 0 Å². The van der Waals surface area contributed by atoms with Gasteiger partial charge in [0.2, 0.25) is 0 Å². The molecule has 3 aromatic rings. The van der Waals surface area contributed by atoms with Crippen molar-refractivity contribution in [1.82, 2.24) is 14.9 Å². The van der Waals surface area contributed by atoms with Gasteiger partial charge in [0.25, 0.3) is 11.5 Å². The highest BCUT2D eigenvalue weighted by atomic mass is 16.5. The number of benzene rings is 2. The Balaban J connectivity index is 2.04. The van der Waals surface area contributed by atoms with Crippen LogP contribution in [0.5, 0.6) is 0 Å². The summed E-state index contributed by atoms with van der Waals surface area (Å²) in [6, 6.07) is 13.1. The van der Waals surface area contributed by atoms with Crippen LogP contribution in [0.3, 0.4) is 0 Å². The van der Waals surface area contributed by atoms with Crippen LogP contribution in [0.4, 0.5) is 0 Å². The Morgan fingerprint density at radius 1 is 1.19 bits per heavy atom. The van der Waals surface area contributed by atoms with Crippen LogP contribution in [0.2, 0.25) is 0 Å². The molecule has 1 heterocycles. The van der Waals surface area contributed by atoms with Crippen LogP contribution in [-0.2, 0) is 4.74 Å². The zero-order valence-corrected chi connectivity index (χ0v) is 14.5. The fraction of sp³-hybridized carbons (Fsp3) is 0.211. The Hall–Kier alpha value is -3.19. The van der Waals surface area contributed by atoms with Crippen molar-refractivity contribution in [2.24, 2.45) is 0 Å². The van der Waals surface area contributed by atoms with Crippen molar-refractivity contribution >= 4 is 16.8 Å². The Labute approximate surface area is 149 Å². The molecule has 0 aliphatic carbocycles. The maximum atomic E-state index is 12.7. The second kappa shape index (κ2) is 7.37. The van der Waals surface area contributed by atoms with Gasteiger partial charge in [0.1, 0.15) is 0 Å². The summed E-state index contributed by atoms with van der Waals surface area (Å²) < 4.78 is 6.06. The molecular weight excluding hydrogens is 334 g/mol. The van der Waals surface area contributed by atoms with Crippen molar-refractivity contribution in [2.45, 2.75) is 13.0 Å². The number of hydrogen-bond acceptors (Lipinski definition) is 4. The molecule has 0 bridgehead atoms. The predicted octanol–water partition coefficient (Wildman–Crippen LogP) is 1.44. The van der Waals surface area contributed by atoms with Gasteiger partial charge in [0, 0.05) is 18.7 Å². The number of carbonyl (C=O) groups is 1. The number of para-hydroxylation sites is 1. The minimum Gasteiger partial charge on any atom is -0.383 e. The lowest BCUT2D eigenvalue weighted by molar-refractivity contribution is 0.0905. The molecular formula is C19H19N3O4. The highest BCUT2D eigenvalue weighted by Crippen LogP contribution is 2.11. The Morgan fingerprint density at radius 2 is 1.92 bits per heavy atom. The van der Waals surface area contributed by atoms with Gasteiger partial charge < -0.3 is 15.0 Å². The monoisotopic (exact) mass is 353 g/mol. The summed E-state index contributed by atoms with van der Waals surface area (Å²) in [5.41, 5.74) is 0.164. The molecule has 2 aromatic carbocycles. The van der Waals surface area contributed by atoms with E-state index in [2.05, 4.69) is 10.3 Å². The van der Waals surface area contributed by atoms with Gasteiger partial charge in [0.05, 0.1) is 23.2 Å². The van der Waals surface area contributed by atoms with Gasteiger partial charge in [-0.05, 0) is 37.3 Å². The summed E-state index contributed by atoms with van der Waals surface area (Å²) in [6.45, 7) is 2.21. The fourth-order valence-corrected chi connectivity index (χ4v) is 2.77. The highest BCUT2D eigenvalue weighted by molar-refractivity contribution is 5.97. The van der Waals surface area contributed by atoms with Crippen LogP contribution in [-0.4, -0.2) is 35.2 Å². The van der Waals surface area contributed by atoms with Crippen molar-refractivity contribution in [3.8, 4) is 5.69 Å². The van der Waals surface area contributed by atoms with E-state index < -0.39 is 11.2 Å². The van der Waals surface area contributed by atoms with E-state index in [4.69, 9.17) is 4.74 Å². The molecule has 0 saturated carbocycles. The summed E-state index contributed by atoms with van der Waals surface area (Å²) in [4.78, 5) is 40.1. The number of H-pyrrole nitrogens is 1. The van der Waals surface area contributed by atoms with E-state index in [0.717, 1.165) is 4.57 Å². The van der Waals surface area contributed by atoms with Gasteiger partial charge in [-0.25, -0.2) is 9.36 Å². The normalized spacial score (nSPS) is 12.1. The number of amides is 1. The van der Waals surface area contributed by atoms with E-state index in [-0.39, 0.29) is 11.9 Å². The molecule has 0 unspecified atom stereocenters. The number of rotatable bonds is 5. The van der Waals surface area contributed by atoms with Crippen LogP contribution in [0.15, 0.2) is 58.1 Å². The molecule has 0 saturated heterocycles. The lowest BCUT2D eigenvalue weighted by Crippen LogP contribution is -2.36. The molecule has 26 heavy (non-hydrogen) atoms. The Morgan fingerprint density at radius 3 is 2.62 bits per heavy atom. The maximum absolute atomic E-state index is 12.7. The smallest absolute Gasteiger partial charge is 0.333 e. The fourth-order valence-electron chi connectivity index (χ4n) is 2.77. The lowest BCUT2D eigenvalue weighted by Gasteiger charge is -2.13. The first-order chi connectivity index (χ1) is 12.5. The first-order valence-electron chi connectivity index (χ1n) is 8.15. The minimum atomic E-state index is -0.556. The number of hydrogen-bond donors (Lipinski definition) is 2. The average molecular weight is 353 g/mol. The number of nitrogens with one attached hydrogen (secondary N) is 2. The summed E-state index contributed by atoms with van der Waals surface area (Å²) in [7, 11) is 1.56. The van der Waals surface area contributed by atoms with Crippen molar-refractivity contribution < 1.29 is 9.53 Å². The molecule has 1 atom stereocenters. The van der Waals surface area contributed by atoms with Crippen molar-refractivity contribution in [3.05, 3.63) is 74.9 Å². The lowest BCUT2D eigenvalue weighted by atomic mass is 10.1. The van der Waals surface area contributed by atoms with Gasteiger partial charge >= 0.3 is 5.69 Å². The highest BCUT2D eigenvalue weighted by Gasteiger charge is 2.13. The van der Waals surface area contributed by atoms with Crippen LogP contribution in [0.25, 0.3) is 16.6 Å². The first kappa shape index (κ1) is 17.6. The minimum absolute atomic E-state index is 0.159. The number of carbonyl (C=O) groups excluding carboxylic acids is 1. The molecule has 7 nitrogen and oxygen atoms in total. The average Bonchev–Trinajstić information content (AvgIpc) is 2.62. The van der Waals surface area contributed by atoms with E-state index in [1.807, 2.05) is 6.92 Å². The standard InChI is InChI=1S/C19H19N3O4/c1-12(11-26-2)20-17(23)13-8-9-15-16(10-13)21-19(25)22(18(15)24)14-6-4-3-5-7-14/h3-10,12H,11H2,1-2H3,(H,20,23)(H,21,25)/t12-/m0/s1. The van der Waals surface area contributed by atoms with Gasteiger partial charge in [-0.2, -0.15) is 0 Å². The number of ether oxygens (including phenoxy) is 1. The molecule has 7 heteroatoms. The summed E-state index contributed by atoms with van der Waals surface area (Å²) >= 11 is 0. The van der Waals surface area contributed by atoms with Crippen molar-refractivity contribution in [1.29, 1.82) is 0 Å². The summed E-state index contributed by atoms with van der Waals surface area (Å²) in [6.07, 6.45) is 0. The molecule has 134 valence electrons. The second-order valence-electron chi connectivity index (χ2n) is 6.00. The molecule has 1 amide bonds.